The van der Waals surface area contributed by atoms with Crippen LogP contribution in [0.3, 0.4) is 0 Å². The average Bonchev–Trinajstić information content (AvgIpc) is 2.91. The van der Waals surface area contributed by atoms with E-state index in [1.54, 1.807) is 0 Å². The molecule has 2 nitrogen and oxygen atoms in total. The van der Waals surface area contributed by atoms with Gasteiger partial charge in [0.05, 0.1) is 5.92 Å². The number of fused-ring (bicyclic) bond motifs is 2. The molecule has 0 aromatic heterocycles. The molecule has 3 aliphatic rings. The first kappa shape index (κ1) is 11.3. The SMILES string of the molecule is CC1(OC(=O)[C@H]2C[C@@H]3C=C[C@H]2C3)CCCCC1. The Kier molecular flexibility index (Phi) is 2.76. The van der Waals surface area contributed by atoms with E-state index in [-0.39, 0.29) is 17.5 Å². The Morgan fingerprint density at radius 2 is 1.94 bits per heavy atom. The van der Waals surface area contributed by atoms with Gasteiger partial charge >= 0.3 is 5.97 Å². The molecule has 2 fully saturated rings. The zero-order valence-electron chi connectivity index (χ0n) is 10.7. The van der Waals surface area contributed by atoms with E-state index in [0.29, 0.717) is 11.8 Å². The lowest BCUT2D eigenvalue weighted by atomic mass is 9.86. The van der Waals surface area contributed by atoms with Crippen LogP contribution in [0.15, 0.2) is 12.2 Å². The maximum absolute atomic E-state index is 12.3. The number of hydrogen-bond donors (Lipinski definition) is 0. The second kappa shape index (κ2) is 4.15. The minimum absolute atomic E-state index is 0.0752. The summed E-state index contributed by atoms with van der Waals surface area (Å²) in [7, 11) is 0. The maximum atomic E-state index is 12.3. The summed E-state index contributed by atoms with van der Waals surface area (Å²) in [6.45, 7) is 2.12. The van der Waals surface area contributed by atoms with Crippen molar-refractivity contribution in [3.05, 3.63) is 12.2 Å². The van der Waals surface area contributed by atoms with Crippen molar-refractivity contribution >= 4 is 5.97 Å². The number of carbonyl (C=O) groups is 1. The van der Waals surface area contributed by atoms with Crippen LogP contribution in [0.1, 0.15) is 51.9 Å². The van der Waals surface area contributed by atoms with E-state index in [1.807, 2.05) is 0 Å². The highest BCUT2D eigenvalue weighted by Crippen LogP contribution is 2.45. The van der Waals surface area contributed by atoms with Crippen LogP contribution in [0.5, 0.6) is 0 Å². The molecule has 94 valence electrons. The third-order valence-electron chi connectivity index (χ3n) is 4.84. The van der Waals surface area contributed by atoms with E-state index in [0.717, 1.165) is 19.3 Å². The molecule has 0 N–H and O–H groups in total. The minimum Gasteiger partial charge on any atom is -0.459 e. The second-order valence-electron chi connectivity index (χ2n) is 6.32. The predicted molar refractivity (Wildman–Crippen MR) is 66.4 cm³/mol. The first-order chi connectivity index (χ1) is 8.16. The fourth-order valence-electron chi connectivity index (χ4n) is 3.77. The Morgan fingerprint density at radius 3 is 2.53 bits per heavy atom. The Balaban J connectivity index is 1.61. The largest absolute Gasteiger partial charge is 0.459 e. The van der Waals surface area contributed by atoms with E-state index >= 15 is 0 Å². The number of ether oxygens (including phenoxy) is 1. The Labute approximate surface area is 103 Å². The van der Waals surface area contributed by atoms with Gasteiger partial charge in [0.25, 0.3) is 0 Å². The van der Waals surface area contributed by atoms with Crippen molar-refractivity contribution < 1.29 is 9.53 Å². The van der Waals surface area contributed by atoms with E-state index in [9.17, 15) is 4.79 Å². The first-order valence-corrected chi connectivity index (χ1v) is 7.07. The van der Waals surface area contributed by atoms with Gasteiger partial charge in [-0.05, 0) is 57.3 Å². The summed E-state index contributed by atoms with van der Waals surface area (Å²) in [5, 5.41) is 0. The first-order valence-electron chi connectivity index (χ1n) is 7.07. The highest BCUT2D eigenvalue weighted by Gasteiger charge is 2.43. The highest BCUT2D eigenvalue weighted by molar-refractivity contribution is 5.74. The zero-order valence-corrected chi connectivity index (χ0v) is 10.7. The molecule has 0 heterocycles. The van der Waals surface area contributed by atoms with Gasteiger partial charge in [0.15, 0.2) is 0 Å². The quantitative estimate of drug-likeness (QED) is 0.540. The highest BCUT2D eigenvalue weighted by atomic mass is 16.6. The van der Waals surface area contributed by atoms with E-state index < -0.39 is 0 Å². The summed E-state index contributed by atoms with van der Waals surface area (Å²) in [6.07, 6.45) is 12.5. The molecule has 2 bridgehead atoms. The Bertz CT molecular complexity index is 339. The molecule has 0 aromatic carbocycles. The molecule has 2 heteroatoms. The zero-order chi connectivity index (χ0) is 11.9. The lowest BCUT2D eigenvalue weighted by Gasteiger charge is -2.34. The second-order valence-corrected chi connectivity index (χ2v) is 6.32. The van der Waals surface area contributed by atoms with Crippen LogP contribution in [-0.4, -0.2) is 11.6 Å². The van der Waals surface area contributed by atoms with Gasteiger partial charge in [-0.3, -0.25) is 4.79 Å². The minimum atomic E-state index is -0.166. The van der Waals surface area contributed by atoms with Gasteiger partial charge in [-0.2, -0.15) is 0 Å². The molecular formula is C15H22O2. The fraction of sp³-hybridized carbons (Fsp3) is 0.800. The monoisotopic (exact) mass is 234 g/mol. The standard InChI is InChI=1S/C15H22O2/c1-15(7-3-2-4-8-15)17-14(16)13-10-11-5-6-12(13)9-11/h5-6,11-13H,2-4,7-10H2,1H3/t11-,12+,13+/m1/s1. The van der Waals surface area contributed by atoms with Gasteiger partial charge in [0.1, 0.15) is 5.60 Å². The summed E-state index contributed by atoms with van der Waals surface area (Å²) in [4.78, 5) is 12.3. The predicted octanol–water partition coefficient (Wildman–Crippen LogP) is 3.46. The average molecular weight is 234 g/mol. The number of hydrogen-bond acceptors (Lipinski definition) is 2. The Morgan fingerprint density at radius 1 is 1.18 bits per heavy atom. The summed E-state index contributed by atoms with van der Waals surface area (Å²) in [5.74, 6) is 1.35. The lowest BCUT2D eigenvalue weighted by Crippen LogP contribution is -2.37. The van der Waals surface area contributed by atoms with Gasteiger partial charge in [-0.25, -0.2) is 0 Å². The van der Waals surface area contributed by atoms with Crippen LogP contribution in [0.25, 0.3) is 0 Å². The van der Waals surface area contributed by atoms with Gasteiger partial charge in [0, 0.05) is 0 Å². The van der Waals surface area contributed by atoms with E-state index in [1.165, 1.54) is 25.7 Å². The topological polar surface area (TPSA) is 26.3 Å². The summed E-state index contributed by atoms with van der Waals surface area (Å²) >= 11 is 0. The number of rotatable bonds is 2. The molecule has 0 saturated heterocycles. The Hall–Kier alpha value is -0.790. The van der Waals surface area contributed by atoms with Crippen LogP contribution in [0.2, 0.25) is 0 Å². The van der Waals surface area contributed by atoms with Crippen LogP contribution in [0, 0.1) is 17.8 Å². The summed E-state index contributed by atoms with van der Waals surface area (Å²) in [5.41, 5.74) is -0.166. The molecule has 0 aliphatic heterocycles. The molecule has 0 radical (unpaired) electrons. The number of allylic oxidation sites excluding steroid dienone is 2. The number of esters is 1. The molecule has 3 rings (SSSR count). The van der Waals surface area contributed by atoms with Crippen LogP contribution < -0.4 is 0 Å². The van der Waals surface area contributed by atoms with Crippen molar-refractivity contribution in [2.24, 2.45) is 17.8 Å². The fourth-order valence-corrected chi connectivity index (χ4v) is 3.77. The van der Waals surface area contributed by atoms with Crippen LogP contribution in [0.4, 0.5) is 0 Å². The molecule has 3 atom stereocenters. The normalized spacial score (nSPS) is 38.3. The maximum Gasteiger partial charge on any atom is 0.310 e. The molecular weight excluding hydrogens is 212 g/mol. The molecule has 3 aliphatic carbocycles. The molecule has 17 heavy (non-hydrogen) atoms. The van der Waals surface area contributed by atoms with Gasteiger partial charge in [-0.1, -0.05) is 18.6 Å². The van der Waals surface area contributed by atoms with Crippen molar-refractivity contribution in [2.45, 2.75) is 57.5 Å². The summed E-state index contributed by atoms with van der Waals surface area (Å²) in [6, 6.07) is 0. The smallest absolute Gasteiger partial charge is 0.310 e. The number of carbonyl (C=O) groups excluding carboxylic acids is 1. The van der Waals surface area contributed by atoms with Gasteiger partial charge < -0.3 is 4.74 Å². The molecule has 0 amide bonds. The van der Waals surface area contributed by atoms with Gasteiger partial charge in [0.2, 0.25) is 0 Å². The van der Waals surface area contributed by atoms with Crippen molar-refractivity contribution in [3.63, 3.8) is 0 Å². The molecule has 2 saturated carbocycles. The van der Waals surface area contributed by atoms with Crippen molar-refractivity contribution in [1.29, 1.82) is 0 Å². The van der Waals surface area contributed by atoms with E-state index in [4.69, 9.17) is 4.74 Å². The molecule has 0 aromatic rings. The van der Waals surface area contributed by atoms with Crippen LogP contribution >= 0.6 is 0 Å². The van der Waals surface area contributed by atoms with Gasteiger partial charge in [-0.15, -0.1) is 0 Å². The van der Waals surface area contributed by atoms with Crippen molar-refractivity contribution in [1.82, 2.24) is 0 Å². The molecule has 0 unspecified atom stereocenters. The third-order valence-corrected chi connectivity index (χ3v) is 4.84. The third kappa shape index (κ3) is 2.14. The molecule has 0 spiro atoms. The van der Waals surface area contributed by atoms with Crippen molar-refractivity contribution in [2.75, 3.05) is 0 Å². The lowest BCUT2D eigenvalue weighted by molar-refractivity contribution is -0.167. The summed E-state index contributed by atoms with van der Waals surface area (Å²) < 4.78 is 5.84. The van der Waals surface area contributed by atoms with Crippen molar-refractivity contribution in [3.8, 4) is 0 Å². The van der Waals surface area contributed by atoms with Crippen LogP contribution in [-0.2, 0) is 9.53 Å². The van der Waals surface area contributed by atoms with E-state index in [2.05, 4.69) is 19.1 Å².